The Hall–Kier alpha value is -2.83. The lowest BCUT2D eigenvalue weighted by Crippen LogP contribution is -2.45. The van der Waals surface area contributed by atoms with Crippen LogP contribution in [0, 0.1) is 11.6 Å². The summed E-state index contributed by atoms with van der Waals surface area (Å²) >= 11 is 0. The van der Waals surface area contributed by atoms with Gasteiger partial charge in [-0.1, -0.05) is 31.2 Å². The molecule has 0 bridgehead atoms. The number of ether oxygens (including phenoxy) is 1. The zero-order valence-corrected chi connectivity index (χ0v) is 17.1. The number of nitrogens with one attached hydrogen (secondary N) is 2. The Kier molecular flexibility index (Phi) is 6.90. The van der Waals surface area contributed by atoms with Crippen molar-refractivity contribution < 1.29 is 13.5 Å². The van der Waals surface area contributed by atoms with Crippen LogP contribution in [-0.2, 0) is 0 Å². The molecule has 29 heavy (non-hydrogen) atoms. The van der Waals surface area contributed by atoms with Gasteiger partial charge in [-0.3, -0.25) is 4.99 Å². The number of guanidine groups is 1. The molecule has 1 aliphatic heterocycles. The van der Waals surface area contributed by atoms with Gasteiger partial charge in [-0.15, -0.1) is 0 Å². The first-order valence-electron chi connectivity index (χ1n) is 9.82. The molecule has 2 N–H and O–H groups in total. The van der Waals surface area contributed by atoms with Crippen LogP contribution in [0.1, 0.15) is 24.8 Å². The molecule has 0 saturated carbocycles. The van der Waals surface area contributed by atoms with Crippen LogP contribution >= 0.6 is 0 Å². The number of aliphatic imine (C=N–C) groups is 1. The summed E-state index contributed by atoms with van der Waals surface area (Å²) in [5.41, 5.74) is 1.17. The van der Waals surface area contributed by atoms with Crippen molar-refractivity contribution in [1.82, 2.24) is 10.6 Å². The summed E-state index contributed by atoms with van der Waals surface area (Å²) in [5, 5.41) is 6.70. The minimum atomic E-state index is -0.529. The maximum Gasteiger partial charge on any atom is 0.191 e. The second-order valence-corrected chi connectivity index (χ2v) is 7.24. The molecule has 2 atom stereocenters. The molecule has 0 aromatic heterocycles. The van der Waals surface area contributed by atoms with E-state index >= 15 is 0 Å². The number of nitrogens with zero attached hydrogens (tertiary/aromatic N) is 2. The number of halogens is 2. The van der Waals surface area contributed by atoms with E-state index < -0.39 is 11.6 Å². The highest BCUT2D eigenvalue weighted by Gasteiger charge is 2.27. The van der Waals surface area contributed by atoms with Crippen molar-refractivity contribution in [3.05, 3.63) is 59.7 Å². The molecule has 1 saturated heterocycles. The Morgan fingerprint density at radius 1 is 1.21 bits per heavy atom. The number of methoxy groups -OCH3 is 1. The fraction of sp³-hybridized carbons (Fsp3) is 0.409. The maximum atomic E-state index is 14.0. The van der Waals surface area contributed by atoms with Gasteiger partial charge in [0.1, 0.15) is 23.1 Å². The summed E-state index contributed by atoms with van der Waals surface area (Å²) in [6.45, 7) is 3.90. The number of anilines is 1. The first-order chi connectivity index (χ1) is 14.0. The first kappa shape index (κ1) is 20.9. The first-order valence-corrected chi connectivity index (χ1v) is 9.82. The zero-order chi connectivity index (χ0) is 20.8. The molecule has 2 aromatic rings. The lowest BCUT2D eigenvalue weighted by atomic mass is 10.0. The fourth-order valence-corrected chi connectivity index (χ4v) is 3.69. The smallest absolute Gasteiger partial charge is 0.191 e. The van der Waals surface area contributed by atoms with Gasteiger partial charge in [0, 0.05) is 38.6 Å². The third-order valence-corrected chi connectivity index (χ3v) is 5.25. The van der Waals surface area contributed by atoms with Gasteiger partial charge in [0.2, 0.25) is 0 Å². The van der Waals surface area contributed by atoms with Crippen LogP contribution in [0.4, 0.5) is 14.5 Å². The van der Waals surface area contributed by atoms with E-state index in [4.69, 9.17) is 4.74 Å². The van der Waals surface area contributed by atoms with Crippen molar-refractivity contribution in [2.24, 2.45) is 4.99 Å². The predicted molar refractivity (Wildman–Crippen MR) is 113 cm³/mol. The number of rotatable bonds is 6. The molecule has 156 valence electrons. The van der Waals surface area contributed by atoms with Crippen molar-refractivity contribution in [3.63, 3.8) is 0 Å². The Labute approximate surface area is 170 Å². The minimum Gasteiger partial charge on any atom is -0.496 e. The van der Waals surface area contributed by atoms with Crippen LogP contribution in [-0.4, -0.2) is 45.8 Å². The topological polar surface area (TPSA) is 48.9 Å². The average molecular weight is 402 g/mol. The van der Waals surface area contributed by atoms with Crippen LogP contribution in [0.15, 0.2) is 47.5 Å². The van der Waals surface area contributed by atoms with E-state index in [9.17, 15) is 8.78 Å². The summed E-state index contributed by atoms with van der Waals surface area (Å²) in [4.78, 5) is 6.03. The molecular formula is C22H28F2N4O. The molecule has 0 spiro atoms. The summed E-state index contributed by atoms with van der Waals surface area (Å²) in [7, 11) is 3.38. The molecule has 1 aliphatic rings. The Balaban J connectivity index is 1.56. The lowest BCUT2D eigenvalue weighted by Gasteiger charge is -2.22. The van der Waals surface area contributed by atoms with Crippen molar-refractivity contribution in [1.29, 1.82) is 0 Å². The van der Waals surface area contributed by atoms with Gasteiger partial charge < -0.3 is 20.3 Å². The minimum absolute atomic E-state index is 0.0459. The van der Waals surface area contributed by atoms with Crippen LogP contribution in [0.2, 0.25) is 0 Å². The highest BCUT2D eigenvalue weighted by atomic mass is 19.1. The highest BCUT2D eigenvalue weighted by molar-refractivity contribution is 5.80. The van der Waals surface area contributed by atoms with Gasteiger partial charge in [-0.05, 0) is 30.2 Å². The van der Waals surface area contributed by atoms with Crippen LogP contribution < -0.4 is 20.3 Å². The van der Waals surface area contributed by atoms with Crippen LogP contribution in [0.25, 0.3) is 0 Å². The summed E-state index contributed by atoms with van der Waals surface area (Å²) in [5.74, 6) is 0.700. The van der Waals surface area contributed by atoms with Crippen LogP contribution in [0.3, 0.4) is 0 Å². The van der Waals surface area contributed by atoms with Crippen molar-refractivity contribution in [3.8, 4) is 5.75 Å². The van der Waals surface area contributed by atoms with Gasteiger partial charge in [0.05, 0.1) is 7.11 Å². The van der Waals surface area contributed by atoms with E-state index in [-0.39, 0.29) is 17.6 Å². The molecule has 5 nitrogen and oxygen atoms in total. The quantitative estimate of drug-likeness (QED) is 0.573. The van der Waals surface area contributed by atoms with Crippen molar-refractivity contribution >= 4 is 11.6 Å². The summed E-state index contributed by atoms with van der Waals surface area (Å²) in [6, 6.07) is 12.0. The number of para-hydroxylation sites is 2. The van der Waals surface area contributed by atoms with Gasteiger partial charge in [-0.25, -0.2) is 8.78 Å². The standard InChI is InChI=1S/C22H28F2N4O/c1-15(17-7-4-5-10-20(17)29-3)13-26-22(25-2)27-16-11-12-28(14-16)21-18(23)8-6-9-19(21)24/h4-10,15-16H,11-14H2,1-3H3,(H2,25,26,27). The van der Waals surface area contributed by atoms with Crippen molar-refractivity contribution in [2.75, 3.05) is 38.7 Å². The van der Waals surface area contributed by atoms with Gasteiger partial charge >= 0.3 is 0 Å². The van der Waals surface area contributed by atoms with Gasteiger partial charge in [0.25, 0.3) is 0 Å². The van der Waals surface area contributed by atoms with E-state index in [2.05, 4.69) is 28.6 Å². The largest absolute Gasteiger partial charge is 0.496 e. The Morgan fingerprint density at radius 2 is 1.93 bits per heavy atom. The maximum absolute atomic E-state index is 14.0. The average Bonchev–Trinajstić information content (AvgIpc) is 3.18. The van der Waals surface area contributed by atoms with Crippen LogP contribution in [0.5, 0.6) is 5.75 Å². The molecule has 1 fully saturated rings. The monoisotopic (exact) mass is 402 g/mol. The molecule has 2 aromatic carbocycles. The summed E-state index contributed by atoms with van der Waals surface area (Å²) < 4.78 is 33.5. The fourth-order valence-electron chi connectivity index (χ4n) is 3.69. The van der Waals surface area contributed by atoms with E-state index in [0.29, 0.717) is 25.6 Å². The second kappa shape index (κ2) is 9.58. The second-order valence-electron chi connectivity index (χ2n) is 7.24. The number of hydrogen-bond acceptors (Lipinski definition) is 3. The van der Waals surface area contributed by atoms with Crippen molar-refractivity contribution in [2.45, 2.75) is 25.3 Å². The summed E-state index contributed by atoms with van der Waals surface area (Å²) in [6.07, 6.45) is 0.774. The van der Waals surface area contributed by atoms with E-state index in [0.717, 1.165) is 17.7 Å². The third-order valence-electron chi connectivity index (χ3n) is 5.25. The molecule has 3 rings (SSSR count). The molecular weight excluding hydrogens is 374 g/mol. The molecule has 0 aliphatic carbocycles. The van der Waals surface area contributed by atoms with E-state index in [1.165, 1.54) is 18.2 Å². The molecule has 0 radical (unpaired) electrons. The lowest BCUT2D eigenvalue weighted by molar-refractivity contribution is 0.406. The molecule has 2 unspecified atom stereocenters. The molecule has 7 heteroatoms. The number of hydrogen-bond donors (Lipinski definition) is 2. The number of benzene rings is 2. The normalized spacial score (nSPS) is 17.9. The predicted octanol–water partition coefficient (Wildman–Crippen LogP) is 3.52. The zero-order valence-electron chi connectivity index (χ0n) is 17.1. The van der Waals surface area contributed by atoms with E-state index in [1.54, 1.807) is 19.1 Å². The van der Waals surface area contributed by atoms with Gasteiger partial charge in [0.15, 0.2) is 5.96 Å². The van der Waals surface area contributed by atoms with Gasteiger partial charge in [-0.2, -0.15) is 0 Å². The molecule has 0 amide bonds. The third kappa shape index (κ3) is 4.96. The Morgan fingerprint density at radius 3 is 2.62 bits per heavy atom. The Bertz CT molecular complexity index is 838. The molecule has 1 heterocycles. The SMILES string of the molecule is CN=C(NCC(C)c1ccccc1OC)NC1CCN(c2c(F)cccc2F)C1. The highest BCUT2D eigenvalue weighted by Crippen LogP contribution is 2.27. The van der Waals surface area contributed by atoms with E-state index in [1.807, 2.05) is 18.2 Å².